The first-order valence-electron chi connectivity index (χ1n) is 0.447. The van der Waals surface area contributed by atoms with Gasteiger partial charge in [0.25, 0.3) is 0 Å². The molecule has 3 radical (unpaired) electrons. The van der Waals surface area contributed by atoms with Crippen LogP contribution >= 0.6 is 0 Å². The molecule has 0 bridgehead atoms. The Bertz CT molecular complexity index is 8.00. The molecule has 0 aliphatic rings. The fourth-order valence-electron chi connectivity index (χ4n) is 0. The van der Waals surface area contributed by atoms with Crippen molar-refractivity contribution < 1.29 is 5.11 Å². The lowest BCUT2D eigenvalue weighted by molar-refractivity contribution is 0.399. The van der Waals surface area contributed by atoms with Crippen LogP contribution in [0.15, 0.2) is 0 Å². The van der Waals surface area contributed by atoms with Crippen LogP contribution in [0.2, 0.25) is 0 Å². The maximum atomic E-state index is 7.00. The lowest BCUT2D eigenvalue weighted by Gasteiger charge is -1.21. The van der Waals surface area contributed by atoms with Crippen LogP contribution in [-0.2, 0) is 0 Å². The van der Waals surface area contributed by atoms with Crippen molar-refractivity contribution in [1.82, 2.24) is 6.15 Å². The molecule has 3 heteroatoms. The Kier molecular flexibility index (Phi) is 474000. The van der Waals surface area contributed by atoms with Gasteiger partial charge in [0, 0.05) is 15.5 Å². The monoisotopic (exact) mass is 60.1 g/mol. The zero-order valence-electron chi connectivity index (χ0n) is 2.73. The zero-order valence-corrected chi connectivity index (χ0v) is 2.73. The second kappa shape index (κ2) is 51800. The summed E-state index contributed by atoms with van der Waals surface area (Å²) < 4.78 is 0. The summed E-state index contributed by atoms with van der Waals surface area (Å²) >= 11 is 0. The Morgan fingerprint density at radius 1 is 1.25 bits per heavy atom. The topological polar surface area (TPSA) is 55.2 Å². The highest BCUT2D eigenvalue weighted by atomic mass is 16.2. The van der Waals surface area contributed by atoms with E-state index in [0.29, 0.717) is 0 Å². The average Bonchev–Trinajstić information content (AvgIpc) is 1.00. The minimum Gasteiger partial charge on any atom is -0.400 e. The van der Waals surface area contributed by atoms with Crippen LogP contribution in [-0.4, -0.2) is 20.6 Å². The normalized spacial score (nSPS) is 1.50. The number of aliphatic hydroxyl groups excluding tert-OH is 1. The molecule has 0 amide bonds. The summed E-state index contributed by atoms with van der Waals surface area (Å²) in [5, 5.41) is 7.00. The predicted octanol–water partition coefficient (Wildman–Crippen LogP) is -0.610. The van der Waals surface area contributed by atoms with E-state index in [-0.39, 0.29) is 14.6 Å². The highest BCUT2D eigenvalue weighted by Crippen LogP contribution is 0.755. The highest BCUT2D eigenvalue weighted by molar-refractivity contribution is 5.75. The molecule has 0 aromatic rings. The summed E-state index contributed by atoms with van der Waals surface area (Å²) in [7, 11) is 1.00. The Morgan fingerprint density at radius 2 is 1.25 bits per heavy atom. The molecule has 4 N–H and O–H groups in total. The van der Waals surface area contributed by atoms with Crippen molar-refractivity contribution >= 4 is 8.41 Å². The van der Waals surface area contributed by atoms with Crippen molar-refractivity contribution in [3.63, 3.8) is 0 Å². The van der Waals surface area contributed by atoms with Crippen LogP contribution in [0.25, 0.3) is 0 Å². The summed E-state index contributed by atoms with van der Waals surface area (Å²) in [6.07, 6.45) is 0. The SMILES string of the molecule is CO.N.[B]. The van der Waals surface area contributed by atoms with Gasteiger partial charge < -0.3 is 11.3 Å². The van der Waals surface area contributed by atoms with Crippen LogP contribution in [0.3, 0.4) is 0 Å². The lowest BCUT2D eigenvalue weighted by atomic mass is 10.8. The van der Waals surface area contributed by atoms with E-state index in [1.54, 1.807) is 0 Å². The van der Waals surface area contributed by atoms with E-state index < -0.39 is 0 Å². The first-order chi connectivity index (χ1) is 1.00. The van der Waals surface area contributed by atoms with Gasteiger partial charge in [-0.15, -0.1) is 0 Å². The third kappa shape index (κ3) is 8480. The fourth-order valence-corrected chi connectivity index (χ4v) is 0. The molecule has 0 atom stereocenters. The zero-order chi connectivity index (χ0) is 2.00. The van der Waals surface area contributed by atoms with Crippen molar-refractivity contribution in [3.05, 3.63) is 0 Å². The van der Waals surface area contributed by atoms with E-state index in [1.807, 2.05) is 0 Å². The molecule has 0 unspecified atom stereocenters. The van der Waals surface area contributed by atoms with E-state index in [0.717, 1.165) is 7.11 Å². The number of hydrogen-bond acceptors (Lipinski definition) is 2. The lowest BCUT2D eigenvalue weighted by Crippen LogP contribution is -1.25. The molecule has 0 saturated carbocycles. The van der Waals surface area contributed by atoms with Crippen molar-refractivity contribution in [2.75, 3.05) is 7.11 Å². The van der Waals surface area contributed by atoms with Gasteiger partial charge >= 0.3 is 0 Å². The summed E-state index contributed by atoms with van der Waals surface area (Å²) in [6, 6.07) is 0. The fraction of sp³-hybridized carbons (Fsp3) is 1.00. The smallest absolute Gasteiger partial charge is 0.0319 e. The van der Waals surface area contributed by atoms with Crippen LogP contribution in [0.4, 0.5) is 0 Å². The maximum Gasteiger partial charge on any atom is 0.0319 e. The van der Waals surface area contributed by atoms with E-state index in [1.165, 1.54) is 0 Å². The van der Waals surface area contributed by atoms with Gasteiger partial charge in [-0.3, -0.25) is 0 Å². The first kappa shape index (κ1) is 36.6. The molecule has 25 valence electrons. The van der Waals surface area contributed by atoms with Gasteiger partial charge in [0.2, 0.25) is 0 Å². The van der Waals surface area contributed by atoms with Crippen molar-refractivity contribution in [2.45, 2.75) is 0 Å². The van der Waals surface area contributed by atoms with Gasteiger partial charge in [-0.2, -0.15) is 0 Å². The van der Waals surface area contributed by atoms with E-state index in [4.69, 9.17) is 5.11 Å². The molecule has 2 nitrogen and oxygen atoms in total. The van der Waals surface area contributed by atoms with Crippen LogP contribution < -0.4 is 6.15 Å². The highest BCUT2D eigenvalue weighted by Gasteiger charge is 0.839. The molecule has 0 aromatic carbocycles. The minimum atomic E-state index is 0. The first-order valence-corrected chi connectivity index (χ1v) is 0.447. The molecular weight excluding hydrogens is 52.8 g/mol. The van der Waals surface area contributed by atoms with Crippen LogP contribution in [0, 0.1) is 0 Å². The quantitative estimate of drug-likeness (QED) is 0.366. The summed E-state index contributed by atoms with van der Waals surface area (Å²) in [4.78, 5) is 0. The molecule has 0 aliphatic carbocycles. The largest absolute Gasteiger partial charge is 0.400 e. The second-order valence-electron chi connectivity index (χ2n) is 0. The van der Waals surface area contributed by atoms with E-state index in [9.17, 15) is 0 Å². The minimum absolute atomic E-state index is 0. The third-order valence-electron chi connectivity index (χ3n) is 0. The standard InChI is InChI=1S/CH4O.B.H3N/c1-2;;/h2H,1H3;;1H3. The molecule has 0 aliphatic heterocycles. The van der Waals surface area contributed by atoms with Crippen molar-refractivity contribution in [3.8, 4) is 0 Å². The maximum absolute atomic E-state index is 7.00. The molecule has 0 rings (SSSR count). The molecular formula is CH7BNO. The number of aliphatic hydroxyl groups is 1. The third-order valence-corrected chi connectivity index (χ3v) is 0. The van der Waals surface area contributed by atoms with Gasteiger partial charge in [0.15, 0.2) is 0 Å². The molecule has 0 saturated heterocycles. The van der Waals surface area contributed by atoms with E-state index >= 15 is 0 Å². The Hall–Kier alpha value is -0.0151. The Morgan fingerprint density at radius 3 is 1.25 bits per heavy atom. The molecule has 4 heavy (non-hydrogen) atoms. The molecule has 0 fully saturated rings. The van der Waals surface area contributed by atoms with Gasteiger partial charge in [-0.1, -0.05) is 0 Å². The van der Waals surface area contributed by atoms with Crippen LogP contribution in [0.1, 0.15) is 0 Å². The summed E-state index contributed by atoms with van der Waals surface area (Å²) in [5.41, 5.74) is 0. The van der Waals surface area contributed by atoms with Gasteiger partial charge in [-0.25, -0.2) is 0 Å². The second-order valence-corrected chi connectivity index (χ2v) is 0. The van der Waals surface area contributed by atoms with Crippen molar-refractivity contribution in [2.24, 2.45) is 0 Å². The molecule has 0 heterocycles. The number of rotatable bonds is 0. The predicted molar refractivity (Wildman–Crippen MR) is 18.9 cm³/mol. The van der Waals surface area contributed by atoms with Gasteiger partial charge in [0.1, 0.15) is 0 Å². The molecule has 0 spiro atoms. The molecule has 0 aromatic heterocycles. The van der Waals surface area contributed by atoms with Gasteiger partial charge in [0.05, 0.1) is 0 Å². The summed E-state index contributed by atoms with van der Waals surface area (Å²) in [5.74, 6) is 0. The summed E-state index contributed by atoms with van der Waals surface area (Å²) in [6.45, 7) is 0. The van der Waals surface area contributed by atoms with Gasteiger partial charge in [-0.05, 0) is 0 Å². The Balaban J connectivity index is -0.00000000500. The van der Waals surface area contributed by atoms with Crippen molar-refractivity contribution in [1.29, 1.82) is 0 Å². The van der Waals surface area contributed by atoms with Crippen LogP contribution in [0.5, 0.6) is 0 Å². The Labute approximate surface area is 28.0 Å². The average molecular weight is 59.9 g/mol. The number of hydrogen-bond donors (Lipinski definition) is 2. The van der Waals surface area contributed by atoms with E-state index in [2.05, 4.69) is 0 Å².